The normalized spacial score (nSPS) is 13.7. The highest BCUT2D eigenvalue weighted by Gasteiger charge is 2.31. The maximum Gasteiger partial charge on any atom is 0.422 e. The minimum atomic E-state index is -4.13. The van der Waals surface area contributed by atoms with Gasteiger partial charge in [-0.15, -0.1) is 0 Å². The Balaban J connectivity index is 1.56. The van der Waals surface area contributed by atoms with E-state index < -0.39 is 21.9 Å². The number of pyridine rings is 1. The molecular formula is C27H31N5O5S. The molecule has 0 atom stereocenters. The molecule has 0 saturated carbocycles. The summed E-state index contributed by atoms with van der Waals surface area (Å²) >= 11 is 0. The Bertz CT molecular complexity index is 1440. The number of nitrogens with one attached hydrogen (secondary N) is 2. The first-order valence-electron chi connectivity index (χ1n) is 12.1. The Morgan fingerprint density at radius 3 is 2.47 bits per heavy atom. The zero-order valence-corrected chi connectivity index (χ0v) is 22.6. The molecule has 200 valence electrons. The molecule has 4 rings (SSSR count). The Hall–Kier alpha value is -3.96. The quantitative estimate of drug-likeness (QED) is 0.467. The summed E-state index contributed by atoms with van der Waals surface area (Å²) in [7, 11) is -2.38. The average Bonchev–Trinajstić information content (AvgIpc) is 2.84. The molecule has 0 radical (unpaired) electrons. The van der Waals surface area contributed by atoms with Gasteiger partial charge in [0.2, 0.25) is 0 Å². The van der Waals surface area contributed by atoms with Crippen LogP contribution in [0, 0.1) is 0 Å². The summed E-state index contributed by atoms with van der Waals surface area (Å²) in [6.07, 6.45) is 0.617. The monoisotopic (exact) mass is 537 g/mol. The van der Waals surface area contributed by atoms with Crippen molar-refractivity contribution in [3.63, 3.8) is 0 Å². The molecule has 1 aromatic heterocycles. The second-order valence-corrected chi connectivity index (χ2v) is 11.5. The Morgan fingerprint density at radius 2 is 1.76 bits per heavy atom. The van der Waals surface area contributed by atoms with Crippen LogP contribution >= 0.6 is 0 Å². The van der Waals surface area contributed by atoms with Crippen molar-refractivity contribution < 1.29 is 22.7 Å². The maximum absolute atomic E-state index is 13.0. The van der Waals surface area contributed by atoms with Crippen LogP contribution < -0.4 is 14.3 Å². The zero-order valence-electron chi connectivity index (χ0n) is 21.8. The summed E-state index contributed by atoms with van der Waals surface area (Å²) in [6, 6.07) is 18.9. The molecule has 0 spiro atoms. The number of amides is 3. The van der Waals surface area contributed by atoms with Crippen molar-refractivity contribution >= 4 is 28.2 Å². The van der Waals surface area contributed by atoms with Crippen molar-refractivity contribution in [2.24, 2.45) is 0 Å². The largest absolute Gasteiger partial charge is 0.443 e. The molecule has 0 aliphatic carbocycles. The molecule has 1 aliphatic rings. The Morgan fingerprint density at radius 1 is 1.05 bits per heavy atom. The lowest BCUT2D eigenvalue weighted by molar-refractivity contribution is 0.0569. The molecule has 2 heterocycles. The van der Waals surface area contributed by atoms with Crippen LogP contribution in [0.5, 0.6) is 0 Å². The Labute approximate surface area is 222 Å². The van der Waals surface area contributed by atoms with E-state index in [9.17, 15) is 18.0 Å². The van der Waals surface area contributed by atoms with Gasteiger partial charge in [0.25, 0.3) is 0 Å². The molecule has 2 N–H and O–H groups in total. The summed E-state index contributed by atoms with van der Waals surface area (Å²) in [5.41, 5.74) is 3.49. The first kappa shape index (κ1) is 27.1. The van der Waals surface area contributed by atoms with Gasteiger partial charge in [-0.05, 0) is 55.2 Å². The number of nitrogens with zero attached hydrogens (tertiary/aromatic N) is 3. The third-order valence-corrected chi connectivity index (χ3v) is 6.71. The molecule has 38 heavy (non-hydrogen) atoms. The molecule has 0 unspecified atom stereocenters. The highest BCUT2D eigenvalue weighted by Crippen LogP contribution is 2.35. The fourth-order valence-corrected chi connectivity index (χ4v) is 4.81. The van der Waals surface area contributed by atoms with E-state index in [-0.39, 0.29) is 12.6 Å². The van der Waals surface area contributed by atoms with E-state index in [1.165, 1.54) is 0 Å². The van der Waals surface area contributed by atoms with Gasteiger partial charge in [-0.3, -0.25) is 4.90 Å². The summed E-state index contributed by atoms with van der Waals surface area (Å²) < 4.78 is 33.9. The van der Waals surface area contributed by atoms with Crippen LogP contribution in [0.1, 0.15) is 37.5 Å². The number of ether oxygens (including phenoxy) is 1. The van der Waals surface area contributed by atoms with E-state index in [0.717, 1.165) is 22.3 Å². The minimum Gasteiger partial charge on any atom is -0.443 e. The van der Waals surface area contributed by atoms with E-state index in [1.807, 2.05) is 59.3 Å². The number of hydrogen-bond acceptors (Lipinski definition) is 6. The van der Waals surface area contributed by atoms with Crippen molar-refractivity contribution in [3.8, 4) is 11.1 Å². The lowest BCUT2D eigenvalue weighted by atomic mass is 9.97. The third kappa shape index (κ3) is 6.67. The molecule has 11 heteroatoms. The van der Waals surface area contributed by atoms with E-state index in [2.05, 4.69) is 9.71 Å². The van der Waals surface area contributed by atoms with Crippen LogP contribution in [0.15, 0.2) is 66.9 Å². The van der Waals surface area contributed by atoms with Crippen molar-refractivity contribution in [3.05, 3.63) is 83.6 Å². The van der Waals surface area contributed by atoms with Crippen molar-refractivity contribution in [1.29, 1.82) is 0 Å². The smallest absolute Gasteiger partial charge is 0.422 e. The van der Waals surface area contributed by atoms with E-state index in [0.29, 0.717) is 24.5 Å². The van der Waals surface area contributed by atoms with Crippen molar-refractivity contribution in [2.75, 3.05) is 11.9 Å². The van der Waals surface area contributed by atoms with Gasteiger partial charge in [0.1, 0.15) is 11.4 Å². The number of aromatic nitrogens is 1. The Kier molecular flexibility index (Phi) is 7.70. The van der Waals surface area contributed by atoms with Crippen LogP contribution in [0.25, 0.3) is 11.1 Å². The van der Waals surface area contributed by atoms with Crippen LogP contribution in [0.3, 0.4) is 0 Å². The minimum absolute atomic E-state index is 0.0439. The van der Waals surface area contributed by atoms with Gasteiger partial charge in [0.15, 0.2) is 0 Å². The van der Waals surface area contributed by atoms with Gasteiger partial charge in [-0.2, -0.15) is 13.1 Å². The lowest BCUT2D eigenvalue weighted by Gasteiger charge is -2.35. The fourth-order valence-electron chi connectivity index (χ4n) is 4.12. The SMILES string of the molecule is CN1Cc2c(-c3cccc(CNS(=O)(=O)NC(=O)OC(C)(C)C)c3)ccnc2N(Cc2ccccc2)C1=O. The van der Waals surface area contributed by atoms with Crippen LogP contribution in [0.4, 0.5) is 15.4 Å². The molecule has 10 nitrogen and oxygen atoms in total. The van der Waals surface area contributed by atoms with E-state index in [4.69, 9.17) is 4.74 Å². The standard InChI is InChI=1S/C27H31N5O5S/c1-27(2,3)37-25(33)30-38(35,36)29-16-20-11-8-12-21(15-20)22-13-14-28-24-23(22)18-31(4)26(34)32(24)17-19-9-6-5-7-10-19/h5-15,29H,16-18H2,1-4H3,(H,30,33). The predicted molar refractivity (Wildman–Crippen MR) is 144 cm³/mol. The lowest BCUT2D eigenvalue weighted by Crippen LogP contribution is -2.45. The molecule has 0 saturated heterocycles. The fraction of sp³-hybridized carbons (Fsp3) is 0.296. The number of urea groups is 1. The second kappa shape index (κ2) is 10.8. The summed E-state index contributed by atoms with van der Waals surface area (Å²) in [6.45, 7) is 5.66. The maximum atomic E-state index is 13.0. The highest BCUT2D eigenvalue weighted by molar-refractivity contribution is 7.88. The van der Waals surface area contributed by atoms with Crippen LogP contribution in [-0.4, -0.2) is 43.1 Å². The number of carbonyl (C=O) groups is 2. The van der Waals surface area contributed by atoms with Gasteiger partial charge in [0, 0.05) is 25.4 Å². The van der Waals surface area contributed by atoms with Gasteiger partial charge in [-0.1, -0.05) is 48.5 Å². The van der Waals surface area contributed by atoms with Gasteiger partial charge < -0.3 is 9.64 Å². The van der Waals surface area contributed by atoms with Crippen LogP contribution in [-0.2, 0) is 34.6 Å². The molecule has 0 bridgehead atoms. The molecular weight excluding hydrogens is 506 g/mol. The molecule has 3 amide bonds. The van der Waals surface area contributed by atoms with Crippen molar-refractivity contribution in [1.82, 2.24) is 19.3 Å². The first-order chi connectivity index (χ1) is 17.9. The predicted octanol–water partition coefficient (Wildman–Crippen LogP) is 4.18. The highest BCUT2D eigenvalue weighted by atomic mass is 32.2. The molecule has 1 aliphatic heterocycles. The molecule has 2 aromatic carbocycles. The number of anilines is 1. The van der Waals surface area contributed by atoms with Gasteiger partial charge in [0.05, 0.1) is 13.1 Å². The first-order valence-corrected chi connectivity index (χ1v) is 13.5. The number of fused-ring (bicyclic) bond motifs is 1. The summed E-state index contributed by atoms with van der Waals surface area (Å²) in [5.74, 6) is 0.599. The van der Waals surface area contributed by atoms with Gasteiger partial charge in [-0.25, -0.2) is 19.3 Å². The van der Waals surface area contributed by atoms with E-state index >= 15 is 0 Å². The van der Waals surface area contributed by atoms with Gasteiger partial charge >= 0.3 is 22.3 Å². The number of carbonyl (C=O) groups excluding carboxylic acids is 2. The van der Waals surface area contributed by atoms with Crippen LogP contribution in [0.2, 0.25) is 0 Å². The van der Waals surface area contributed by atoms with Crippen molar-refractivity contribution in [2.45, 2.75) is 46.0 Å². The molecule has 0 fully saturated rings. The number of hydrogen-bond donors (Lipinski definition) is 2. The molecule has 3 aromatic rings. The summed E-state index contributed by atoms with van der Waals surface area (Å²) in [4.78, 5) is 32.8. The second-order valence-electron chi connectivity index (χ2n) is 10.00. The average molecular weight is 538 g/mol. The summed E-state index contributed by atoms with van der Waals surface area (Å²) in [5, 5.41) is 0. The van der Waals surface area contributed by atoms with E-state index in [1.54, 1.807) is 49.9 Å². The third-order valence-electron chi connectivity index (χ3n) is 5.75. The number of benzene rings is 2. The zero-order chi connectivity index (χ0) is 27.5. The topological polar surface area (TPSA) is 121 Å². The number of rotatable bonds is 7.